The highest BCUT2D eigenvalue weighted by atomic mass is 16.8. The molecule has 5 heterocycles. The van der Waals surface area contributed by atoms with Gasteiger partial charge in [0.25, 0.3) is 5.91 Å². The fourth-order valence-electron chi connectivity index (χ4n) is 11.0. The Morgan fingerprint density at radius 2 is 0.883 bits per heavy atom. The van der Waals surface area contributed by atoms with Crippen LogP contribution < -0.4 is 20.7 Å². The van der Waals surface area contributed by atoms with Crippen molar-refractivity contribution in [2.45, 2.75) is 232 Å². The molecule has 0 saturated carbocycles. The first-order chi connectivity index (χ1) is 48.9. The van der Waals surface area contributed by atoms with Crippen LogP contribution in [0.15, 0.2) is 39.4 Å². The van der Waals surface area contributed by atoms with Crippen LogP contribution in [0.1, 0.15) is 149 Å². The molecule has 3 aliphatic rings. The lowest BCUT2D eigenvalue weighted by molar-refractivity contribution is -0.375. The van der Waals surface area contributed by atoms with Gasteiger partial charge in [-0.15, -0.1) is 0 Å². The maximum atomic E-state index is 13.8. The Morgan fingerprint density at radius 3 is 1.39 bits per heavy atom. The number of nitrogens with zero attached hydrogens (tertiary/aromatic N) is 3. The van der Waals surface area contributed by atoms with Crippen LogP contribution in [-0.2, 0) is 135 Å². The van der Waals surface area contributed by atoms with E-state index in [1.807, 2.05) is 24.3 Å². The second-order valence-corrected chi connectivity index (χ2v) is 23.9. The minimum Gasteiger partial charge on any atom is -0.494 e. The zero-order valence-electron chi connectivity index (χ0n) is 58.9. The standard InChI is InChI=1S/C66H88N6O31/c1-33-69-62(72-102-33)44-22-24-45(25-23-44)86-28-18-19-46-29-47(71-103-46)63(85)68-27-17-12-14-20-51(83)67-26-16-13-15-21-52(84)70-64-59(94-41(9)80)56(92-39(7)78)55(48(97-64)30-87-34(2)73)100-65-61(96-43(11)82)58(54(91-38(6)77)50(98-65)32-89-36(4)75)101-66-60(95-42(10)81)57(93-40(8)79)53(90-37(5)76)49(99-66)31-88-35(3)74/h22-25,29,48-50,53-61,64-66H,12-21,26-28,30-32H2,1-11H3,(H,67,83)(H,68,85)(H,70,84)/t48-,49-,50-,53+,54+,55-,56+,57+,58+,59-,60-,61-,64-,65+,66+/m1/s1. The molecule has 3 N–H and O–H groups in total. The van der Waals surface area contributed by atoms with Crippen LogP contribution in [0, 0.1) is 6.92 Å². The molecule has 0 unspecified atom stereocenters. The summed E-state index contributed by atoms with van der Waals surface area (Å²) in [7, 11) is 0. The fraction of sp³-hybridized carbons (Fsp3) is 0.636. The number of aryl methyl sites for hydroxylation is 2. The molecule has 3 fully saturated rings. The summed E-state index contributed by atoms with van der Waals surface area (Å²) in [5.74, 6) is -9.04. The van der Waals surface area contributed by atoms with E-state index in [1.54, 1.807) is 13.0 Å². The Labute approximate surface area is 590 Å². The largest absolute Gasteiger partial charge is 0.494 e. The van der Waals surface area contributed by atoms with Gasteiger partial charge in [-0.25, -0.2) is 0 Å². The van der Waals surface area contributed by atoms with E-state index in [0.717, 1.165) is 74.8 Å². The molecule has 0 bridgehead atoms. The number of hydrogen-bond donors (Lipinski definition) is 3. The van der Waals surface area contributed by atoms with Crippen molar-refractivity contribution in [3.8, 4) is 17.1 Å². The number of ether oxygens (including phenoxy) is 16. The van der Waals surface area contributed by atoms with Crippen molar-refractivity contribution in [3.63, 3.8) is 0 Å². The Bertz CT molecular complexity index is 3390. The van der Waals surface area contributed by atoms with Crippen molar-refractivity contribution in [2.75, 3.05) is 39.5 Å². The van der Waals surface area contributed by atoms with E-state index in [2.05, 4.69) is 31.2 Å². The SMILES string of the molecule is CC(=O)OC[C@H]1O[C@@H](O[C@H]2[C@@H](OC(C)=O)[C@@H](COC(C)=O)O[C@@H](O[C@H]3[C@H](OC(C)=O)[C@@H](OC(C)=O)[C@H](NC(=O)CCCCCNC(=O)CCCCCNC(=O)c4cc(CCCOc5ccc(-c6noc(C)n6)cc5)on4)O[C@@H]3COC(C)=O)[C@@H]2OC(C)=O)[C@H](OC(C)=O)[C@@H](OC(C)=O)[C@H]1OC(C)=O. The number of aromatic nitrogens is 3. The molecule has 0 spiro atoms. The van der Waals surface area contributed by atoms with Gasteiger partial charge in [-0.2, -0.15) is 4.98 Å². The van der Waals surface area contributed by atoms with Crippen LogP contribution in [0.5, 0.6) is 5.75 Å². The molecule has 3 aromatic rings. The highest BCUT2D eigenvalue weighted by molar-refractivity contribution is 5.92. The van der Waals surface area contributed by atoms with Crippen molar-refractivity contribution in [1.82, 2.24) is 31.2 Å². The number of carbonyl (C=O) groups is 13. The number of unbranched alkanes of at least 4 members (excludes halogenated alkanes) is 4. The Balaban J connectivity index is 1.08. The number of amides is 3. The molecule has 0 radical (unpaired) electrons. The average molecular weight is 1460 g/mol. The van der Waals surface area contributed by atoms with Crippen molar-refractivity contribution < 1.29 is 147 Å². The first-order valence-corrected chi connectivity index (χ1v) is 33.2. The number of carbonyl (C=O) groups excluding carboxylic acids is 13. The predicted octanol–water partition coefficient (Wildman–Crippen LogP) is 2.28. The molecule has 3 amide bonds. The first kappa shape index (κ1) is 82.2. The van der Waals surface area contributed by atoms with Gasteiger partial charge in [0, 0.05) is 120 Å². The van der Waals surface area contributed by atoms with Crippen LogP contribution in [0.4, 0.5) is 0 Å². The Hall–Kier alpha value is -9.72. The third-order valence-corrected chi connectivity index (χ3v) is 15.2. The maximum Gasteiger partial charge on any atom is 0.303 e. The molecule has 0 aliphatic carbocycles. The van der Waals surface area contributed by atoms with E-state index >= 15 is 0 Å². The van der Waals surface area contributed by atoms with Gasteiger partial charge in [0.05, 0.1) is 6.61 Å². The molecule has 1 aromatic carbocycles. The van der Waals surface area contributed by atoms with Gasteiger partial charge in [-0.3, -0.25) is 62.3 Å². The normalized spacial score (nSPS) is 24.3. The molecule has 6 rings (SSSR count). The number of hydrogen-bond acceptors (Lipinski definition) is 34. The molecule has 15 atom stereocenters. The van der Waals surface area contributed by atoms with E-state index in [0.29, 0.717) is 81.3 Å². The molecule has 568 valence electrons. The average Bonchev–Trinajstić information content (AvgIpc) is 1.07. The summed E-state index contributed by atoms with van der Waals surface area (Å²) in [6.45, 7) is 10.2. The number of esters is 10. The second kappa shape index (κ2) is 40.8. The van der Waals surface area contributed by atoms with Gasteiger partial charge in [-0.1, -0.05) is 23.2 Å². The summed E-state index contributed by atoms with van der Waals surface area (Å²) in [5, 5.41) is 16.1. The lowest BCUT2D eigenvalue weighted by Crippen LogP contribution is -2.70. The molecular weight excluding hydrogens is 1370 g/mol. The highest BCUT2D eigenvalue weighted by Crippen LogP contribution is 2.38. The van der Waals surface area contributed by atoms with E-state index in [9.17, 15) is 62.3 Å². The summed E-state index contributed by atoms with van der Waals surface area (Å²) in [4.78, 5) is 171. The Kier molecular flexibility index (Phi) is 32.6. The highest BCUT2D eigenvalue weighted by Gasteiger charge is 2.60. The van der Waals surface area contributed by atoms with Gasteiger partial charge in [0.1, 0.15) is 61.9 Å². The molecule has 103 heavy (non-hydrogen) atoms. The van der Waals surface area contributed by atoms with E-state index < -0.39 is 183 Å². The molecule has 37 heteroatoms. The Morgan fingerprint density at radius 1 is 0.437 bits per heavy atom. The van der Waals surface area contributed by atoms with Gasteiger partial charge in [-0.05, 0) is 56.4 Å². The number of rotatable bonds is 37. The lowest BCUT2D eigenvalue weighted by Gasteiger charge is -2.50. The van der Waals surface area contributed by atoms with Gasteiger partial charge in [0.15, 0.2) is 67.2 Å². The van der Waals surface area contributed by atoms with Crippen molar-refractivity contribution in [2.24, 2.45) is 0 Å². The van der Waals surface area contributed by atoms with Gasteiger partial charge >= 0.3 is 59.7 Å². The third kappa shape index (κ3) is 27.2. The molecule has 3 aliphatic heterocycles. The van der Waals surface area contributed by atoms with Crippen LogP contribution in [0.2, 0.25) is 0 Å². The van der Waals surface area contributed by atoms with Crippen LogP contribution >= 0.6 is 0 Å². The molecule has 37 nitrogen and oxygen atoms in total. The maximum absolute atomic E-state index is 13.8. The topological polar surface area (TPSA) is 471 Å². The van der Waals surface area contributed by atoms with Crippen LogP contribution in [0.3, 0.4) is 0 Å². The zero-order valence-corrected chi connectivity index (χ0v) is 58.9. The van der Waals surface area contributed by atoms with Crippen molar-refractivity contribution in [1.29, 1.82) is 0 Å². The molecule has 3 saturated heterocycles. The van der Waals surface area contributed by atoms with Gasteiger partial charge < -0.3 is 101 Å². The zero-order chi connectivity index (χ0) is 75.4. The first-order valence-electron chi connectivity index (χ1n) is 33.2. The third-order valence-electron chi connectivity index (χ3n) is 15.2. The van der Waals surface area contributed by atoms with E-state index in [-0.39, 0.29) is 37.4 Å². The minimum absolute atomic E-state index is 0.143. The summed E-state index contributed by atoms with van der Waals surface area (Å²) < 4.78 is 104. The smallest absolute Gasteiger partial charge is 0.303 e. The summed E-state index contributed by atoms with van der Waals surface area (Å²) in [6.07, 6.45) is -23.9. The number of benzene rings is 1. The molecule has 2 aromatic heterocycles. The fourth-order valence-corrected chi connectivity index (χ4v) is 11.0. The van der Waals surface area contributed by atoms with E-state index in [4.69, 9.17) is 84.8 Å². The number of nitrogens with one attached hydrogen (secondary N) is 3. The van der Waals surface area contributed by atoms with Crippen molar-refractivity contribution >= 4 is 77.4 Å². The van der Waals surface area contributed by atoms with Gasteiger partial charge in [0.2, 0.25) is 23.5 Å². The van der Waals surface area contributed by atoms with Crippen LogP contribution in [-0.4, -0.2) is 224 Å². The molecular formula is C66H88N6O31. The summed E-state index contributed by atoms with van der Waals surface area (Å²) >= 11 is 0. The predicted molar refractivity (Wildman–Crippen MR) is 340 cm³/mol. The lowest BCUT2D eigenvalue weighted by atomic mass is 9.94. The van der Waals surface area contributed by atoms with Crippen molar-refractivity contribution in [3.05, 3.63) is 47.7 Å². The monoisotopic (exact) mass is 1460 g/mol. The summed E-state index contributed by atoms with van der Waals surface area (Å²) in [6, 6.07) is 8.86. The summed E-state index contributed by atoms with van der Waals surface area (Å²) in [5.41, 5.74) is 0.936. The quantitative estimate of drug-likeness (QED) is 0.0423. The second-order valence-electron chi connectivity index (χ2n) is 23.9. The van der Waals surface area contributed by atoms with E-state index in [1.165, 1.54) is 0 Å². The minimum atomic E-state index is -2.14. The van der Waals surface area contributed by atoms with Crippen LogP contribution in [0.25, 0.3) is 11.4 Å².